The molecule has 0 aromatic heterocycles. The summed E-state index contributed by atoms with van der Waals surface area (Å²) in [5.41, 5.74) is 1.86. The van der Waals surface area contributed by atoms with E-state index in [-0.39, 0.29) is 19.0 Å². The molecule has 2 atom stereocenters. The Morgan fingerprint density at radius 1 is 1.28 bits per heavy atom. The Morgan fingerprint density at radius 2 is 2.00 bits per heavy atom. The molecule has 5 heteroatoms. The van der Waals surface area contributed by atoms with E-state index in [1.807, 2.05) is 30.3 Å². The van der Waals surface area contributed by atoms with Crippen molar-refractivity contribution in [2.24, 2.45) is 11.8 Å². The number of hydrogen-bond acceptors (Lipinski definition) is 5. The molecule has 3 rings (SSSR count). The molecule has 25 heavy (non-hydrogen) atoms. The number of hydrogen-bond donors (Lipinski definition) is 1. The number of aliphatic hydroxyl groups excluding tert-OH is 1. The van der Waals surface area contributed by atoms with Gasteiger partial charge in [0.05, 0.1) is 13.2 Å². The van der Waals surface area contributed by atoms with Gasteiger partial charge < -0.3 is 19.3 Å². The second-order valence-corrected chi connectivity index (χ2v) is 6.49. The summed E-state index contributed by atoms with van der Waals surface area (Å²) in [5.74, 6) is 0.680. The van der Waals surface area contributed by atoms with E-state index in [0.29, 0.717) is 18.4 Å². The molecule has 1 aromatic carbocycles. The van der Waals surface area contributed by atoms with Gasteiger partial charge in [-0.25, -0.2) is 4.79 Å². The summed E-state index contributed by atoms with van der Waals surface area (Å²) in [5, 5.41) is 9.08. The summed E-state index contributed by atoms with van der Waals surface area (Å²) in [6.07, 6.45) is 6.08. The Labute approximate surface area is 147 Å². The maximum atomic E-state index is 12.1. The molecule has 0 saturated heterocycles. The van der Waals surface area contributed by atoms with Gasteiger partial charge in [0.2, 0.25) is 12.0 Å². The van der Waals surface area contributed by atoms with Crippen LogP contribution in [0, 0.1) is 11.8 Å². The lowest BCUT2D eigenvalue weighted by molar-refractivity contribution is -0.166. The summed E-state index contributed by atoms with van der Waals surface area (Å²) >= 11 is 0. The van der Waals surface area contributed by atoms with E-state index in [9.17, 15) is 4.79 Å². The number of carbonyl (C=O) groups is 1. The third-order valence-electron chi connectivity index (χ3n) is 4.49. The van der Waals surface area contributed by atoms with Crippen LogP contribution >= 0.6 is 0 Å². The zero-order valence-corrected chi connectivity index (χ0v) is 14.2. The molecule has 5 nitrogen and oxygen atoms in total. The van der Waals surface area contributed by atoms with Crippen molar-refractivity contribution >= 4 is 5.97 Å². The SMILES string of the molecule is C=CCOC(=O)C1=C[C@@H](C2CC2)C[C@@H](OCc2ccc(CO)cc2)O1. The highest BCUT2D eigenvalue weighted by atomic mass is 16.7. The van der Waals surface area contributed by atoms with Crippen LogP contribution in [0.25, 0.3) is 0 Å². The van der Waals surface area contributed by atoms with E-state index in [2.05, 4.69) is 6.58 Å². The molecule has 0 amide bonds. The monoisotopic (exact) mass is 344 g/mol. The van der Waals surface area contributed by atoms with Gasteiger partial charge in [0.1, 0.15) is 6.61 Å². The number of benzene rings is 1. The molecule has 0 radical (unpaired) electrons. The second-order valence-electron chi connectivity index (χ2n) is 6.49. The van der Waals surface area contributed by atoms with Crippen LogP contribution in [0.3, 0.4) is 0 Å². The molecular formula is C20H24O5. The number of rotatable bonds is 8. The minimum atomic E-state index is -0.467. The van der Waals surface area contributed by atoms with E-state index in [4.69, 9.17) is 19.3 Å². The fourth-order valence-corrected chi connectivity index (χ4v) is 2.92. The van der Waals surface area contributed by atoms with Crippen molar-refractivity contribution in [2.45, 2.75) is 38.8 Å². The van der Waals surface area contributed by atoms with Crippen LogP contribution in [0.15, 0.2) is 48.8 Å². The molecule has 134 valence electrons. The van der Waals surface area contributed by atoms with Gasteiger partial charge in [0.25, 0.3) is 0 Å². The average molecular weight is 344 g/mol. The van der Waals surface area contributed by atoms with Crippen LogP contribution in [-0.4, -0.2) is 24.0 Å². The zero-order chi connectivity index (χ0) is 17.6. The Morgan fingerprint density at radius 3 is 2.64 bits per heavy atom. The lowest BCUT2D eigenvalue weighted by atomic mass is 9.96. The minimum absolute atomic E-state index is 0.0247. The molecule has 1 N–H and O–H groups in total. The topological polar surface area (TPSA) is 65.0 Å². The molecule has 2 aliphatic rings. The summed E-state index contributed by atoms with van der Waals surface area (Å²) in [7, 11) is 0. The highest BCUT2D eigenvalue weighted by Gasteiger charge is 2.37. The molecule has 1 heterocycles. The molecule has 0 spiro atoms. The molecule has 1 aromatic rings. The first-order valence-electron chi connectivity index (χ1n) is 8.66. The van der Waals surface area contributed by atoms with E-state index in [1.54, 1.807) is 0 Å². The Bertz CT molecular complexity index is 630. The number of ether oxygens (including phenoxy) is 3. The van der Waals surface area contributed by atoms with Crippen LogP contribution in [-0.2, 0) is 32.2 Å². The van der Waals surface area contributed by atoms with Crippen molar-refractivity contribution in [2.75, 3.05) is 6.61 Å². The van der Waals surface area contributed by atoms with Crippen molar-refractivity contribution in [3.05, 3.63) is 59.9 Å². The first-order chi connectivity index (χ1) is 12.2. The molecule has 1 fully saturated rings. The fraction of sp³-hybridized carbons (Fsp3) is 0.450. The quantitative estimate of drug-likeness (QED) is 0.580. The van der Waals surface area contributed by atoms with Crippen LogP contribution in [0.2, 0.25) is 0 Å². The van der Waals surface area contributed by atoms with Crippen molar-refractivity contribution < 1.29 is 24.1 Å². The van der Waals surface area contributed by atoms with E-state index in [0.717, 1.165) is 17.5 Å². The summed E-state index contributed by atoms with van der Waals surface area (Å²) in [4.78, 5) is 12.1. The lowest BCUT2D eigenvalue weighted by Crippen LogP contribution is -2.29. The fourth-order valence-electron chi connectivity index (χ4n) is 2.92. The number of esters is 1. The van der Waals surface area contributed by atoms with Crippen LogP contribution < -0.4 is 0 Å². The average Bonchev–Trinajstić information content (AvgIpc) is 3.50. The predicted octanol–water partition coefficient (Wildman–Crippen LogP) is 3.08. The van der Waals surface area contributed by atoms with Gasteiger partial charge in [-0.3, -0.25) is 0 Å². The summed E-state index contributed by atoms with van der Waals surface area (Å²) in [6, 6.07) is 7.57. The van der Waals surface area contributed by atoms with Crippen LogP contribution in [0.1, 0.15) is 30.4 Å². The molecule has 1 aliphatic heterocycles. The largest absolute Gasteiger partial charge is 0.458 e. The van der Waals surface area contributed by atoms with Gasteiger partial charge in [-0.05, 0) is 41.9 Å². The number of aliphatic hydroxyl groups is 1. The third kappa shape index (κ3) is 4.94. The molecule has 1 saturated carbocycles. The van der Waals surface area contributed by atoms with Gasteiger partial charge in [-0.15, -0.1) is 0 Å². The van der Waals surface area contributed by atoms with Gasteiger partial charge in [-0.2, -0.15) is 0 Å². The molecule has 0 unspecified atom stereocenters. The van der Waals surface area contributed by atoms with Crippen molar-refractivity contribution in [1.29, 1.82) is 0 Å². The smallest absolute Gasteiger partial charge is 0.373 e. The second kappa shape index (κ2) is 8.32. The lowest BCUT2D eigenvalue weighted by Gasteiger charge is -2.28. The highest BCUT2D eigenvalue weighted by molar-refractivity contribution is 5.86. The van der Waals surface area contributed by atoms with Gasteiger partial charge >= 0.3 is 5.97 Å². The van der Waals surface area contributed by atoms with Crippen molar-refractivity contribution in [3.8, 4) is 0 Å². The van der Waals surface area contributed by atoms with Crippen LogP contribution in [0.4, 0.5) is 0 Å². The van der Waals surface area contributed by atoms with Gasteiger partial charge in [0, 0.05) is 6.42 Å². The molecule has 1 aliphatic carbocycles. The summed E-state index contributed by atoms with van der Waals surface area (Å²) < 4.78 is 16.7. The summed E-state index contributed by atoms with van der Waals surface area (Å²) in [6.45, 7) is 4.12. The number of allylic oxidation sites excluding steroid dienone is 1. The Hall–Kier alpha value is -2.11. The first kappa shape index (κ1) is 17.7. The first-order valence-corrected chi connectivity index (χ1v) is 8.66. The predicted molar refractivity (Wildman–Crippen MR) is 92.1 cm³/mol. The maximum absolute atomic E-state index is 12.1. The van der Waals surface area contributed by atoms with Gasteiger partial charge in [0.15, 0.2) is 0 Å². The minimum Gasteiger partial charge on any atom is -0.458 e. The van der Waals surface area contributed by atoms with E-state index in [1.165, 1.54) is 18.9 Å². The molecular weight excluding hydrogens is 320 g/mol. The van der Waals surface area contributed by atoms with Crippen molar-refractivity contribution in [3.63, 3.8) is 0 Å². The zero-order valence-electron chi connectivity index (χ0n) is 14.2. The standard InChI is InChI=1S/C20H24O5/c1-2-9-23-20(22)18-10-17(16-7-8-16)11-19(25-18)24-13-15-5-3-14(12-21)4-6-15/h2-6,10,16-17,19,21H,1,7-9,11-13H2/t17-,19+/m1/s1. The Kier molecular flexibility index (Phi) is 5.89. The highest BCUT2D eigenvalue weighted by Crippen LogP contribution is 2.43. The van der Waals surface area contributed by atoms with E-state index < -0.39 is 12.3 Å². The number of carbonyl (C=O) groups excluding carboxylic acids is 1. The maximum Gasteiger partial charge on any atom is 0.373 e. The van der Waals surface area contributed by atoms with Gasteiger partial charge in [-0.1, -0.05) is 36.9 Å². The van der Waals surface area contributed by atoms with E-state index >= 15 is 0 Å². The molecule has 0 bridgehead atoms. The third-order valence-corrected chi connectivity index (χ3v) is 4.49. The normalized spacial score (nSPS) is 22.7. The van der Waals surface area contributed by atoms with Crippen LogP contribution in [0.5, 0.6) is 0 Å². The van der Waals surface area contributed by atoms with Crippen molar-refractivity contribution in [1.82, 2.24) is 0 Å². The Balaban J connectivity index is 1.59.